The first kappa shape index (κ1) is 14.5. The zero-order valence-corrected chi connectivity index (χ0v) is 10.6. The third kappa shape index (κ3) is 2.19. The fraction of sp³-hybridized carbons (Fsp3) is 0.417. The molecule has 0 saturated heterocycles. The summed E-state index contributed by atoms with van der Waals surface area (Å²) in [4.78, 5) is 3.68. The molecule has 2 aromatic rings. The van der Waals surface area contributed by atoms with Gasteiger partial charge in [-0.2, -0.15) is 8.78 Å². The van der Waals surface area contributed by atoms with Crippen molar-refractivity contribution in [2.45, 2.75) is 34.2 Å². The van der Waals surface area contributed by atoms with E-state index in [0.29, 0.717) is 4.57 Å². The van der Waals surface area contributed by atoms with Gasteiger partial charge < -0.3 is 0 Å². The zero-order valence-electron chi connectivity index (χ0n) is 10.6. The van der Waals surface area contributed by atoms with Gasteiger partial charge in [-0.1, -0.05) is 13.8 Å². The minimum atomic E-state index is -2.87. The van der Waals surface area contributed by atoms with Gasteiger partial charge in [-0.15, -0.1) is 0 Å². The molecular formula is C12H14F4N2. The maximum atomic E-state index is 13.6. The maximum Gasteiger partial charge on any atom is 0.320 e. The van der Waals surface area contributed by atoms with Crippen LogP contribution < -0.4 is 0 Å². The molecule has 0 N–H and O–H groups in total. The number of benzene rings is 1. The highest BCUT2D eigenvalue weighted by Crippen LogP contribution is 2.27. The van der Waals surface area contributed by atoms with Gasteiger partial charge in [0.1, 0.15) is 17.2 Å². The van der Waals surface area contributed by atoms with Crippen LogP contribution in [0, 0.1) is 25.5 Å². The number of nitrogens with zero attached hydrogens (tertiary/aromatic N) is 2. The van der Waals surface area contributed by atoms with E-state index < -0.39 is 18.2 Å². The quantitative estimate of drug-likeness (QED) is 0.698. The largest absolute Gasteiger partial charge is 0.320 e. The Morgan fingerprint density at radius 2 is 1.72 bits per heavy atom. The predicted molar refractivity (Wildman–Crippen MR) is 61.7 cm³/mol. The Bertz CT molecular complexity index is 561. The molecule has 100 valence electrons. The van der Waals surface area contributed by atoms with E-state index >= 15 is 0 Å². The fourth-order valence-corrected chi connectivity index (χ4v) is 1.62. The number of hydrogen-bond acceptors (Lipinski definition) is 1. The van der Waals surface area contributed by atoms with Gasteiger partial charge >= 0.3 is 6.55 Å². The lowest BCUT2D eigenvalue weighted by Crippen LogP contribution is -2.01. The molecule has 0 fully saturated rings. The molecule has 0 atom stereocenters. The zero-order chi connectivity index (χ0) is 14.0. The summed E-state index contributed by atoms with van der Waals surface area (Å²) in [6.07, 6.45) is 0. The molecule has 6 heteroatoms. The standard InChI is InChI=1S/C10H8F4N2.C2H6/c1-4-6(11)3-7-9(8(4)12)15-5(2)16(7)10(13)14;1-2/h3,10H,1-2H3;1-2H3. The first-order chi connectivity index (χ1) is 8.43. The Morgan fingerprint density at radius 3 is 2.22 bits per heavy atom. The van der Waals surface area contributed by atoms with E-state index in [1.165, 1.54) is 13.8 Å². The van der Waals surface area contributed by atoms with Crippen molar-refractivity contribution >= 4 is 11.0 Å². The van der Waals surface area contributed by atoms with Crippen LogP contribution >= 0.6 is 0 Å². The van der Waals surface area contributed by atoms with Crippen molar-refractivity contribution in [1.29, 1.82) is 0 Å². The average molecular weight is 262 g/mol. The lowest BCUT2D eigenvalue weighted by Gasteiger charge is -2.05. The Labute approximate surface area is 102 Å². The van der Waals surface area contributed by atoms with Crippen LogP contribution in [0.2, 0.25) is 0 Å². The van der Waals surface area contributed by atoms with Crippen molar-refractivity contribution in [2.24, 2.45) is 0 Å². The van der Waals surface area contributed by atoms with Crippen molar-refractivity contribution in [1.82, 2.24) is 9.55 Å². The van der Waals surface area contributed by atoms with Crippen LogP contribution in [0.3, 0.4) is 0 Å². The smallest absolute Gasteiger partial charge is 0.270 e. The summed E-state index contributed by atoms with van der Waals surface area (Å²) in [6.45, 7) is 3.69. The van der Waals surface area contributed by atoms with Crippen molar-refractivity contribution < 1.29 is 17.6 Å². The van der Waals surface area contributed by atoms with E-state index in [1.54, 1.807) is 0 Å². The number of halogens is 4. The van der Waals surface area contributed by atoms with Gasteiger partial charge in [0.15, 0.2) is 5.82 Å². The van der Waals surface area contributed by atoms with E-state index in [2.05, 4.69) is 4.98 Å². The number of aromatic nitrogens is 2. The molecule has 0 saturated carbocycles. The molecule has 0 aliphatic carbocycles. The van der Waals surface area contributed by atoms with Crippen LogP contribution in [0.5, 0.6) is 0 Å². The molecule has 2 rings (SSSR count). The van der Waals surface area contributed by atoms with E-state index in [0.717, 1.165) is 6.07 Å². The highest BCUT2D eigenvalue weighted by Gasteiger charge is 2.20. The molecule has 0 bridgehead atoms. The highest BCUT2D eigenvalue weighted by molar-refractivity contribution is 5.78. The Kier molecular flexibility index (Phi) is 4.32. The molecule has 0 aliphatic rings. The lowest BCUT2D eigenvalue weighted by molar-refractivity contribution is 0.0724. The summed E-state index contributed by atoms with van der Waals surface area (Å²) in [6, 6.07) is 0.875. The molecule has 0 amide bonds. The van der Waals surface area contributed by atoms with Crippen molar-refractivity contribution in [3.8, 4) is 0 Å². The molecule has 1 heterocycles. The van der Waals surface area contributed by atoms with Crippen LogP contribution in [0.25, 0.3) is 11.0 Å². The van der Waals surface area contributed by atoms with Gasteiger partial charge in [-0.05, 0) is 13.8 Å². The van der Waals surface area contributed by atoms with Crippen molar-refractivity contribution in [3.63, 3.8) is 0 Å². The van der Waals surface area contributed by atoms with E-state index in [-0.39, 0.29) is 22.4 Å². The van der Waals surface area contributed by atoms with Crippen LogP contribution in [0.1, 0.15) is 31.8 Å². The van der Waals surface area contributed by atoms with Gasteiger partial charge in [0.2, 0.25) is 0 Å². The SMILES string of the molecule is CC.Cc1c(F)cc2c(nc(C)n2C(F)F)c1F. The monoisotopic (exact) mass is 262 g/mol. The molecule has 0 unspecified atom stereocenters. The molecule has 2 nitrogen and oxygen atoms in total. The third-order valence-corrected chi connectivity index (χ3v) is 2.48. The number of fused-ring (bicyclic) bond motifs is 1. The molecule has 1 aromatic carbocycles. The van der Waals surface area contributed by atoms with E-state index in [1.807, 2.05) is 13.8 Å². The van der Waals surface area contributed by atoms with Gasteiger partial charge in [0.05, 0.1) is 5.52 Å². The second kappa shape index (κ2) is 5.37. The summed E-state index contributed by atoms with van der Waals surface area (Å²) >= 11 is 0. The Morgan fingerprint density at radius 1 is 1.17 bits per heavy atom. The second-order valence-corrected chi connectivity index (χ2v) is 3.47. The minimum absolute atomic E-state index is 0.0473. The maximum absolute atomic E-state index is 13.6. The highest BCUT2D eigenvalue weighted by atomic mass is 19.3. The topological polar surface area (TPSA) is 17.8 Å². The molecular weight excluding hydrogens is 248 g/mol. The Balaban J connectivity index is 0.000000771. The number of hydrogen-bond donors (Lipinski definition) is 0. The molecule has 1 aromatic heterocycles. The number of imidazole rings is 1. The van der Waals surface area contributed by atoms with Crippen molar-refractivity contribution in [2.75, 3.05) is 0 Å². The molecule has 0 spiro atoms. The lowest BCUT2D eigenvalue weighted by atomic mass is 10.2. The summed E-state index contributed by atoms with van der Waals surface area (Å²) in [5.41, 5.74) is -0.670. The first-order valence-corrected chi connectivity index (χ1v) is 5.54. The van der Waals surface area contributed by atoms with Crippen molar-refractivity contribution in [3.05, 3.63) is 29.1 Å². The van der Waals surface area contributed by atoms with Gasteiger partial charge in [0.25, 0.3) is 0 Å². The first-order valence-electron chi connectivity index (χ1n) is 5.54. The number of aryl methyl sites for hydroxylation is 1. The Hall–Kier alpha value is -1.59. The molecule has 0 aliphatic heterocycles. The number of alkyl halides is 2. The van der Waals surface area contributed by atoms with Crippen LogP contribution in [-0.2, 0) is 0 Å². The van der Waals surface area contributed by atoms with Gasteiger partial charge in [0, 0.05) is 11.6 Å². The normalized spacial score (nSPS) is 10.7. The summed E-state index contributed by atoms with van der Waals surface area (Å²) in [7, 11) is 0. The second-order valence-electron chi connectivity index (χ2n) is 3.47. The summed E-state index contributed by atoms with van der Waals surface area (Å²) < 4.78 is 52.6. The van der Waals surface area contributed by atoms with Gasteiger partial charge in [-0.25, -0.2) is 13.8 Å². The molecule has 18 heavy (non-hydrogen) atoms. The summed E-state index contributed by atoms with van der Waals surface area (Å²) in [5.74, 6) is -1.79. The number of rotatable bonds is 1. The van der Waals surface area contributed by atoms with Crippen LogP contribution in [-0.4, -0.2) is 9.55 Å². The van der Waals surface area contributed by atoms with E-state index in [9.17, 15) is 17.6 Å². The minimum Gasteiger partial charge on any atom is -0.270 e. The summed E-state index contributed by atoms with van der Waals surface area (Å²) in [5, 5.41) is 0. The average Bonchev–Trinajstić information content (AvgIpc) is 2.65. The predicted octanol–water partition coefficient (Wildman–Crippen LogP) is 4.35. The van der Waals surface area contributed by atoms with Crippen LogP contribution in [0.4, 0.5) is 17.6 Å². The third-order valence-electron chi connectivity index (χ3n) is 2.48. The molecule has 0 radical (unpaired) electrons. The van der Waals surface area contributed by atoms with Crippen LogP contribution in [0.15, 0.2) is 6.07 Å². The van der Waals surface area contributed by atoms with E-state index in [4.69, 9.17) is 0 Å². The van der Waals surface area contributed by atoms with Gasteiger partial charge in [-0.3, -0.25) is 4.57 Å². The fourth-order valence-electron chi connectivity index (χ4n) is 1.62.